The molecule has 0 radical (unpaired) electrons. The molecule has 0 unspecified atom stereocenters. The van der Waals surface area contributed by atoms with E-state index in [-0.39, 0.29) is 12.6 Å². The minimum atomic E-state index is -4.92. The molecule has 0 spiro atoms. The fourth-order valence-electron chi connectivity index (χ4n) is 2.87. The van der Waals surface area contributed by atoms with E-state index in [9.17, 15) is 35.6 Å². The Balaban J connectivity index is 2.65. The van der Waals surface area contributed by atoms with Crippen molar-refractivity contribution in [2.24, 2.45) is 7.05 Å². The van der Waals surface area contributed by atoms with Gasteiger partial charge in [0.25, 0.3) is 11.5 Å². The summed E-state index contributed by atoms with van der Waals surface area (Å²) in [5, 5.41) is -0.530. The first kappa shape index (κ1) is 27.5. The van der Waals surface area contributed by atoms with Crippen LogP contribution in [0, 0.1) is 22.9 Å². The van der Waals surface area contributed by atoms with Crippen molar-refractivity contribution in [3.63, 3.8) is 0 Å². The molecule has 1 amide bonds. The second-order valence-electron chi connectivity index (χ2n) is 7.11. The SMILES string of the molecule is C#CCN(C(C)C)S(=O)(=O)NC(=O)c1cc(-n2c(=O)cc(C(F)(F)F)n(C)c2=S)c(F)cc1Cl. The fraction of sp³-hybridized carbons (Fsp3) is 0.316. The van der Waals surface area contributed by atoms with Crippen LogP contribution in [0.2, 0.25) is 5.02 Å². The number of nitrogens with zero attached hydrogens (tertiary/aromatic N) is 3. The average Bonchev–Trinajstić information content (AvgIpc) is 2.68. The minimum Gasteiger partial charge on any atom is -0.317 e. The molecule has 8 nitrogen and oxygen atoms in total. The highest BCUT2D eigenvalue weighted by Crippen LogP contribution is 2.29. The minimum absolute atomic E-state index is 0.203. The lowest BCUT2D eigenvalue weighted by Crippen LogP contribution is -2.46. The molecule has 0 bridgehead atoms. The van der Waals surface area contributed by atoms with Gasteiger partial charge < -0.3 is 4.57 Å². The van der Waals surface area contributed by atoms with Crippen LogP contribution in [0.15, 0.2) is 23.0 Å². The van der Waals surface area contributed by atoms with Crippen molar-refractivity contribution >= 4 is 39.9 Å². The normalized spacial score (nSPS) is 12.1. The summed E-state index contributed by atoms with van der Waals surface area (Å²) in [5.41, 5.74) is -4.01. The third-order valence-electron chi connectivity index (χ3n) is 4.49. The molecule has 0 saturated heterocycles. The number of terminal acetylenes is 1. The van der Waals surface area contributed by atoms with Crippen LogP contribution < -0.4 is 10.3 Å². The first-order chi connectivity index (χ1) is 15.5. The maximum absolute atomic E-state index is 14.7. The topological polar surface area (TPSA) is 93.4 Å². The Morgan fingerprint density at radius 1 is 1.32 bits per heavy atom. The Bertz CT molecular complexity index is 1410. The molecule has 0 saturated carbocycles. The Kier molecular flexibility index (Phi) is 7.98. The smallest absolute Gasteiger partial charge is 0.317 e. The maximum atomic E-state index is 14.7. The molecule has 0 aliphatic carbocycles. The number of alkyl halides is 3. The van der Waals surface area contributed by atoms with Gasteiger partial charge in [-0.15, -0.1) is 6.42 Å². The molecular formula is C19H17ClF4N4O4S2. The van der Waals surface area contributed by atoms with Crippen LogP contribution in [0.5, 0.6) is 0 Å². The van der Waals surface area contributed by atoms with Crippen LogP contribution in [0.3, 0.4) is 0 Å². The van der Waals surface area contributed by atoms with Gasteiger partial charge in [0, 0.05) is 19.2 Å². The summed E-state index contributed by atoms with van der Waals surface area (Å²) in [4.78, 5) is 25.1. The highest BCUT2D eigenvalue weighted by Gasteiger charge is 2.35. The van der Waals surface area contributed by atoms with Crippen molar-refractivity contribution < 1.29 is 30.8 Å². The van der Waals surface area contributed by atoms with Gasteiger partial charge in [-0.25, -0.2) is 9.11 Å². The van der Waals surface area contributed by atoms with Gasteiger partial charge in [-0.2, -0.15) is 25.9 Å². The zero-order valence-electron chi connectivity index (χ0n) is 17.8. The van der Waals surface area contributed by atoms with E-state index in [0.29, 0.717) is 21.3 Å². The summed E-state index contributed by atoms with van der Waals surface area (Å²) in [6.45, 7) is 2.65. The molecule has 0 aliphatic heterocycles. The predicted octanol–water partition coefficient (Wildman–Crippen LogP) is 3.03. The summed E-state index contributed by atoms with van der Waals surface area (Å²) in [6, 6.07) is 0.871. The van der Waals surface area contributed by atoms with E-state index in [1.807, 2.05) is 0 Å². The summed E-state index contributed by atoms with van der Waals surface area (Å²) in [7, 11) is -3.54. The largest absolute Gasteiger partial charge is 0.431 e. The predicted molar refractivity (Wildman–Crippen MR) is 119 cm³/mol. The Morgan fingerprint density at radius 2 is 1.91 bits per heavy atom. The number of benzene rings is 1. The number of hydrogen-bond donors (Lipinski definition) is 1. The number of carbonyl (C=O) groups excluding carboxylic acids is 1. The fourth-order valence-corrected chi connectivity index (χ4v) is 4.65. The first-order valence-corrected chi connectivity index (χ1v) is 11.4. The second-order valence-corrected chi connectivity index (χ2v) is 9.50. The van der Waals surface area contributed by atoms with E-state index < -0.39 is 66.4 Å². The zero-order valence-corrected chi connectivity index (χ0v) is 20.2. The number of nitrogens with one attached hydrogen (secondary N) is 1. The zero-order chi connectivity index (χ0) is 26.2. The third-order valence-corrected chi connectivity index (χ3v) is 6.87. The maximum Gasteiger partial charge on any atom is 0.431 e. The molecule has 0 fully saturated rings. The molecular weight excluding hydrogens is 524 g/mol. The Hall–Kier alpha value is -2.73. The van der Waals surface area contributed by atoms with E-state index in [2.05, 4.69) is 5.92 Å². The van der Waals surface area contributed by atoms with E-state index in [1.165, 1.54) is 13.8 Å². The van der Waals surface area contributed by atoms with Gasteiger partial charge in [-0.1, -0.05) is 17.5 Å². The number of halogens is 5. The van der Waals surface area contributed by atoms with Crippen molar-refractivity contribution in [2.45, 2.75) is 26.1 Å². The molecule has 184 valence electrons. The molecule has 15 heteroatoms. The average molecular weight is 541 g/mol. The molecule has 34 heavy (non-hydrogen) atoms. The van der Waals surface area contributed by atoms with Crippen LogP contribution in [0.4, 0.5) is 17.6 Å². The number of amides is 1. The Labute approximate surface area is 201 Å². The molecule has 0 aliphatic rings. The van der Waals surface area contributed by atoms with Crippen LogP contribution in [-0.4, -0.2) is 40.4 Å². The number of carbonyl (C=O) groups is 1. The molecule has 2 aromatic rings. The van der Waals surface area contributed by atoms with Crippen LogP contribution in [0.1, 0.15) is 29.9 Å². The number of aromatic nitrogens is 2. The van der Waals surface area contributed by atoms with Gasteiger partial charge in [0.2, 0.25) is 0 Å². The van der Waals surface area contributed by atoms with E-state index in [1.54, 1.807) is 4.72 Å². The standard InChI is InChI=1S/C19H17ClF4N4O4S2/c1-5-6-27(10(2)3)34(31,32)25-17(30)11-7-14(13(21)8-12(11)20)28-16(29)9-15(19(22,23)24)26(4)18(28)33/h1,7-10H,6H2,2-4H3,(H,25,30). The van der Waals surface area contributed by atoms with Gasteiger partial charge in [0.1, 0.15) is 11.5 Å². The van der Waals surface area contributed by atoms with Gasteiger partial charge in [0.15, 0.2) is 4.77 Å². The van der Waals surface area contributed by atoms with Crippen LogP contribution in [0.25, 0.3) is 5.69 Å². The second kappa shape index (κ2) is 9.87. The molecule has 1 aromatic heterocycles. The van der Waals surface area contributed by atoms with Crippen LogP contribution >= 0.6 is 23.8 Å². The Morgan fingerprint density at radius 3 is 2.41 bits per heavy atom. The molecule has 1 N–H and O–H groups in total. The lowest BCUT2D eigenvalue weighted by Gasteiger charge is -2.23. The highest BCUT2D eigenvalue weighted by molar-refractivity contribution is 7.87. The molecule has 1 aromatic carbocycles. The number of hydrogen-bond acceptors (Lipinski definition) is 5. The van der Waals surface area contributed by atoms with Gasteiger partial charge in [-0.3, -0.25) is 14.2 Å². The van der Waals surface area contributed by atoms with Gasteiger partial charge in [-0.05, 0) is 38.2 Å². The lowest BCUT2D eigenvalue weighted by atomic mass is 10.1. The van der Waals surface area contributed by atoms with E-state index in [0.717, 1.165) is 11.4 Å². The lowest BCUT2D eigenvalue weighted by molar-refractivity contribution is -0.143. The summed E-state index contributed by atoms with van der Waals surface area (Å²) in [6.07, 6.45) is 0.245. The number of rotatable bonds is 6. The summed E-state index contributed by atoms with van der Waals surface area (Å²) in [5.74, 6) is -0.364. The van der Waals surface area contributed by atoms with Gasteiger partial charge in [0.05, 0.1) is 22.8 Å². The van der Waals surface area contributed by atoms with Crippen LogP contribution in [-0.2, 0) is 23.4 Å². The quantitative estimate of drug-likeness (QED) is 0.345. The van der Waals surface area contributed by atoms with Crippen molar-refractivity contribution in [3.05, 3.63) is 55.4 Å². The van der Waals surface area contributed by atoms with Crippen molar-refractivity contribution in [2.75, 3.05) is 6.54 Å². The molecule has 0 atom stereocenters. The van der Waals surface area contributed by atoms with E-state index >= 15 is 0 Å². The monoisotopic (exact) mass is 540 g/mol. The van der Waals surface area contributed by atoms with E-state index in [4.69, 9.17) is 30.2 Å². The van der Waals surface area contributed by atoms with Gasteiger partial charge >= 0.3 is 16.4 Å². The molecule has 2 rings (SSSR count). The molecule has 1 heterocycles. The van der Waals surface area contributed by atoms with Crippen molar-refractivity contribution in [1.82, 2.24) is 18.2 Å². The first-order valence-electron chi connectivity index (χ1n) is 9.20. The van der Waals surface area contributed by atoms with Crippen molar-refractivity contribution in [3.8, 4) is 18.0 Å². The summed E-state index contributed by atoms with van der Waals surface area (Å²) < 4.78 is 81.9. The summed E-state index contributed by atoms with van der Waals surface area (Å²) >= 11 is 10.8. The van der Waals surface area contributed by atoms with Crippen molar-refractivity contribution in [1.29, 1.82) is 0 Å². The highest BCUT2D eigenvalue weighted by atomic mass is 35.5. The third kappa shape index (κ3) is 5.49.